The Morgan fingerprint density at radius 2 is 1.90 bits per heavy atom. The van der Waals surface area contributed by atoms with Crippen molar-refractivity contribution in [3.63, 3.8) is 0 Å². The molecule has 4 rings (SSSR count). The van der Waals surface area contributed by atoms with Gasteiger partial charge in [-0.3, -0.25) is 0 Å². The summed E-state index contributed by atoms with van der Waals surface area (Å²) in [4.78, 5) is 7.78. The molecule has 2 aromatic carbocycles. The van der Waals surface area contributed by atoms with Crippen molar-refractivity contribution in [2.24, 2.45) is 0 Å². The topological polar surface area (TPSA) is 86.3 Å². The minimum absolute atomic E-state index is 0.0481. The third-order valence-electron chi connectivity index (χ3n) is 4.97. The molecule has 1 aliphatic rings. The molecule has 152 valence electrons. The number of aromatic nitrogens is 2. The molecule has 0 unspecified atom stereocenters. The van der Waals surface area contributed by atoms with Crippen LogP contribution in [0.1, 0.15) is 12.8 Å². The second-order valence-electron chi connectivity index (χ2n) is 6.89. The van der Waals surface area contributed by atoms with Crippen LogP contribution in [0.5, 0.6) is 0 Å². The minimum Gasteiger partial charge on any atom is -0.393 e. The maximum atomic E-state index is 13.1. The Morgan fingerprint density at radius 1 is 1.17 bits per heavy atom. The number of rotatable bonds is 4. The van der Waals surface area contributed by atoms with Crippen molar-refractivity contribution in [3.8, 4) is 22.6 Å². The van der Waals surface area contributed by atoms with Crippen LogP contribution in [0.4, 0.5) is 0 Å². The fourth-order valence-corrected chi connectivity index (χ4v) is 5.80. The monoisotopic (exact) mass is 495 g/mol. The molecule has 1 aliphatic heterocycles. The second-order valence-corrected chi connectivity index (χ2v) is 10.1. The van der Waals surface area contributed by atoms with Crippen LogP contribution in [-0.4, -0.2) is 47.0 Å². The van der Waals surface area contributed by atoms with E-state index < -0.39 is 16.1 Å². The van der Waals surface area contributed by atoms with Gasteiger partial charge in [0.15, 0.2) is 0 Å². The number of imidazole rings is 1. The first kappa shape index (κ1) is 20.6. The molecule has 1 aromatic heterocycles. The summed E-state index contributed by atoms with van der Waals surface area (Å²) in [6, 6.07) is 12.6. The second kappa shape index (κ2) is 8.20. The van der Waals surface area contributed by atoms with Crippen molar-refractivity contribution >= 4 is 37.6 Å². The fourth-order valence-electron chi connectivity index (χ4n) is 3.35. The van der Waals surface area contributed by atoms with Crippen LogP contribution in [0, 0.1) is 0 Å². The van der Waals surface area contributed by atoms with Crippen molar-refractivity contribution in [2.45, 2.75) is 23.8 Å². The predicted octanol–water partition coefficient (Wildman–Crippen LogP) is 4.31. The van der Waals surface area contributed by atoms with Gasteiger partial charge in [-0.05, 0) is 37.1 Å². The molecule has 0 spiro atoms. The van der Waals surface area contributed by atoms with E-state index in [-0.39, 0.29) is 23.0 Å². The lowest BCUT2D eigenvalue weighted by Crippen LogP contribution is -2.40. The summed E-state index contributed by atoms with van der Waals surface area (Å²) >= 11 is 9.77. The molecule has 9 heteroatoms. The van der Waals surface area contributed by atoms with E-state index in [1.165, 1.54) is 4.31 Å². The van der Waals surface area contributed by atoms with Crippen molar-refractivity contribution < 1.29 is 13.5 Å². The van der Waals surface area contributed by atoms with Gasteiger partial charge >= 0.3 is 0 Å². The summed E-state index contributed by atoms with van der Waals surface area (Å²) in [7, 11) is -3.76. The summed E-state index contributed by atoms with van der Waals surface area (Å²) in [6.07, 6.45) is 2.17. The quantitative estimate of drug-likeness (QED) is 0.564. The van der Waals surface area contributed by atoms with Crippen LogP contribution < -0.4 is 0 Å². The molecule has 2 heterocycles. The molecule has 0 bridgehead atoms. The third-order valence-corrected chi connectivity index (χ3v) is 8.05. The van der Waals surface area contributed by atoms with Crippen LogP contribution in [0.15, 0.2) is 58.0 Å². The molecule has 0 atom stereocenters. The Hall–Kier alpha value is -1.71. The zero-order chi connectivity index (χ0) is 20.6. The van der Waals surface area contributed by atoms with E-state index in [4.69, 9.17) is 11.6 Å². The Morgan fingerprint density at radius 3 is 2.62 bits per heavy atom. The molecule has 1 fully saturated rings. The summed E-state index contributed by atoms with van der Waals surface area (Å²) in [6.45, 7) is 0.550. The van der Waals surface area contributed by atoms with Gasteiger partial charge in [-0.25, -0.2) is 13.4 Å². The molecular formula is C20H19BrClN3O3S. The van der Waals surface area contributed by atoms with E-state index in [1.54, 1.807) is 24.4 Å². The highest BCUT2D eigenvalue weighted by molar-refractivity contribution is 9.10. The Bertz CT molecular complexity index is 1140. The largest absolute Gasteiger partial charge is 0.393 e. The van der Waals surface area contributed by atoms with Crippen LogP contribution >= 0.6 is 27.5 Å². The predicted molar refractivity (Wildman–Crippen MR) is 116 cm³/mol. The van der Waals surface area contributed by atoms with E-state index in [2.05, 4.69) is 25.9 Å². The first-order chi connectivity index (χ1) is 13.9. The molecular weight excluding hydrogens is 478 g/mol. The number of H-pyrrole nitrogens is 1. The molecule has 3 aromatic rings. The van der Waals surface area contributed by atoms with E-state index in [0.29, 0.717) is 24.2 Å². The zero-order valence-electron chi connectivity index (χ0n) is 15.3. The highest BCUT2D eigenvalue weighted by Gasteiger charge is 2.30. The van der Waals surface area contributed by atoms with Gasteiger partial charge in [-0.1, -0.05) is 45.7 Å². The zero-order valence-corrected chi connectivity index (χ0v) is 18.5. The van der Waals surface area contributed by atoms with Gasteiger partial charge < -0.3 is 10.1 Å². The highest BCUT2D eigenvalue weighted by atomic mass is 79.9. The van der Waals surface area contributed by atoms with Crippen molar-refractivity contribution in [1.29, 1.82) is 0 Å². The molecule has 1 saturated heterocycles. The SMILES string of the molecule is O=S(=O)(c1cc(-c2nc(-c3ccccc3Br)c[nH]2)ccc1Cl)N1CCC(O)CC1. The maximum Gasteiger partial charge on any atom is 0.244 e. The van der Waals surface area contributed by atoms with Gasteiger partial charge in [0.1, 0.15) is 10.7 Å². The third kappa shape index (κ3) is 4.13. The number of sulfonamides is 1. The summed E-state index contributed by atoms with van der Waals surface area (Å²) in [5.41, 5.74) is 2.31. The Labute approximate surface area is 182 Å². The first-order valence-electron chi connectivity index (χ1n) is 9.15. The Kier molecular flexibility index (Phi) is 5.81. The number of nitrogens with zero attached hydrogens (tertiary/aromatic N) is 2. The number of piperidine rings is 1. The van der Waals surface area contributed by atoms with E-state index in [1.807, 2.05) is 24.3 Å². The first-order valence-corrected chi connectivity index (χ1v) is 11.8. The standard InChI is InChI=1S/C20H19BrClN3O3S/c21-16-4-2-1-3-15(16)18-12-23-20(24-18)13-5-6-17(22)19(11-13)29(27,28)25-9-7-14(26)8-10-25/h1-6,11-12,14,26H,7-10H2,(H,23,24). The van der Waals surface area contributed by atoms with Gasteiger partial charge in [0.25, 0.3) is 0 Å². The lowest BCUT2D eigenvalue weighted by atomic mass is 10.1. The average molecular weight is 497 g/mol. The average Bonchev–Trinajstić information content (AvgIpc) is 3.19. The van der Waals surface area contributed by atoms with Crippen LogP contribution in [-0.2, 0) is 10.0 Å². The number of halogens is 2. The summed E-state index contributed by atoms with van der Waals surface area (Å²) in [5, 5.41) is 9.83. The van der Waals surface area contributed by atoms with Crippen LogP contribution in [0.3, 0.4) is 0 Å². The van der Waals surface area contributed by atoms with Crippen molar-refractivity contribution in [1.82, 2.24) is 14.3 Å². The van der Waals surface area contributed by atoms with Gasteiger partial charge in [0.05, 0.1) is 16.8 Å². The smallest absolute Gasteiger partial charge is 0.244 e. The number of aliphatic hydroxyl groups is 1. The van der Waals surface area contributed by atoms with Crippen molar-refractivity contribution in [3.05, 3.63) is 58.2 Å². The number of nitrogens with one attached hydrogen (secondary N) is 1. The van der Waals surface area contributed by atoms with Gasteiger partial charge in [-0.15, -0.1) is 0 Å². The lowest BCUT2D eigenvalue weighted by Gasteiger charge is -2.29. The van der Waals surface area contributed by atoms with E-state index in [9.17, 15) is 13.5 Å². The van der Waals surface area contributed by atoms with E-state index >= 15 is 0 Å². The Balaban J connectivity index is 1.68. The van der Waals surface area contributed by atoms with Gasteiger partial charge in [-0.2, -0.15) is 4.31 Å². The molecule has 0 amide bonds. The van der Waals surface area contributed by atoms with Gasteiger partial charge in [0, 0.05) is 34.9 Å². The van der Waals surface area contributed by atoms with Gasteiger partial charge in [0.2, 0.25) is 10.0 Å². The van der Waals surface area contributed by atoms with Crippen LogP contribution in [0.2, 0.25) is 5.02 Å². The minimum atomic E-state index is -3.76. The molecule has 2 N–H and O–H groups in total. The molecule has 0 aliphatic carbocycles. The normalized spacial score (nSPS) is 16.2. The highest BCUT2D eigenvalue weighted by Crippen LogP contribution is 2.32. The fraction of sp³-hybridized carbons (Fsp3) is 0.250. The van der Waals surface area contributed by atoms with Crippen LogP contribution in [0.25, 0.3) is 22.6 Å². The van der Waals surface area contributed by atoms with Crippen molar-refractivity contribution in [2.75, 3.05) is 13.1 Å². The molecule has 0 radical (unpaired) electrons. The molecule has 6 nitrogen and oxygen atoms in total. The lowest BCUT2D eigenvalue weighted by molar-refractivity contribution is 0.113. The summed E-state index contributed by atoms with van der Waals surface area (Å²) < 4.78 is 28.5. The number of benzene rings is 2. The van der Waals surface area contributed by atoms with E-state index in [0.717, 1.165) is 15.7 Å². The number of aromatic amines is 1. The summed E-state index contributed by atoms with van der Waals surface area (Å²) in [5.74, 6) is 0.554. The number of hydrogen-bond acceptors (Lipinski definition) is 4. The maximum absolute atomic E-state index is 13.1. The number of hydrogen-bond donors (Lipinski definition) is 2. The molecule has 29 heavy (non-hydrogen) atoms. The number of aliphatic hydroxyl groups excluding tert-OH is 1. The molecule has 0 saturated carbocycles.